The molecule has 0 unspecified atom stereocenters. The largest absolute Gasteiger partial charge is 0.497 e. The van der Waals surface area contributed by atoms with Crippen molar-refractivity contribution in [2.24, 2.45) is 0 Å². The van der Waals surface area contributed by atoms with Crippen LogP contribution in [0.15, 0.2) is 48.8 Å². The molecule has 3 rings (SSSR count). The van der Waals surface area contributed by atoms with Crippen LogP contribution < -0.4 is 20.1 Å². The van der Waals surface area contributed by atoms with Crippen LogP contribution in [0.3, 0.4) is 0 Å². The first-order valence-corrected chi connectivity index (χ1v) is 8.40. The fourth-order valence-electron chi connectivity index (χ4n) is 2.43. The summed E-state index contributed by atoms with van der Waals surface area (Å²) in [5.74, 6) is 1.08. The molecule has 9 nitrogen and oxygen atoms in total. The van der Waals surface area contributed by atoms with E-state index in [1.54, 1.807) is 42.5 Å². The van der Waals surface area contributed by atoms with E-state index in [-0.39, 0.29) is 17.3 Å². The molecule has 0 fully saturated rings. The summed E-state index contributed by atoms with van der Waals surface area (Å²) < 4.78 is 10.5. The van der Waals surface area contributed by atoms with Crippen LogP contribution >= 0.6 is 11.6 Å². The number of nitrogens with one attached hydrogen (secondary N) is 2. The van der Waals surface area contributed by atoms with Crippen LogP contribution in [0.4, 0.5) is 28.7 Å². The second kappa shape index (κ2) is 8.40. The molecule has 2 N–H and O–H groups in total. The number of methoxy groups -OCH3 is 2. The highest BCUT2D eigenvalue weighted by Gasteiger charge is 2.24. The molecule has 0 spiro atoms. The molecular weight excluding hydrogens is 386 g/mol. The van der Waals surface area contributed by atoms with Gasteiger partial charge in [0.25, 0.3) is 0 Å². The van der Waals surface area contributed by atoms with Crippen molar-refractivity contribution in [3.63, 3.8) is 0 Å². The third kappa shape index (κ3) is 4.21. The van der Waals surface area contributed by atoms with Gasteiger partial charge >= 0.3 is 5.69 Å². The molecular formula is C18H16ClN5O4. The van der Waals surface area contributed by atoms with Crippen LogP contribution in [0.1, 0.15) is 0 Å². The van der Waals surface area contributed by atoms with E-state index in [1.165, 1.54) is 20.5 Å². The fraction of sp³-hybridized carbons (Fsp3) is 0.111. The number of halogens is 1. The Balaban J connectivity index is 1.98. The highest BCUT2D eigenvalue weighted by molar-refractivity contribution is 6.30. The molecule has 0 atom stereocenters. The first kappa shape index (κ1) is 19.2. The molecule has 0 aliphatic heterocycles. The molecule has 2 aromatic carbocycles. The van der Waals surface area contributed by atoms with Crippen molar-refractivity contribution in [1.29, 1.82) is 0 Å². The summed E-state index contributed by atoms with van der Waals surface area (Å²) in [5, 5.41) is 18.1. The summed E-state index contributed by atoms with van der Waals surface area (Å²) >= 11 is 5.87. The molecule has 0 saturated heterocycles. The molecule has 1 aromatic heterocycles. The number of nitrogens with zero attached hydrogens (tertiary/aromatic N) is 3. The third-order valence-corrected chi connectivity index (χ3v) is 4.03. The average molecular weight is 402 g/mol. The minimum atomic E-state index is -0.559. The highest BCUT2D eigenvalue weighted by atomic mass is 35.5. The summed E-state index contributed by atoms with van der Waals surface area (Å²) in [5.41, 5.74) is 0.775. The van der Waals surface area contributed by atoms with Gasteiger partial charge in [-0.2, -0.15) is 0 Å². The average Bonchev–Trinajstić information content (AvgIpc) is 2.70. The number of rotatable bonds is 7. The lowest BCUT2D eigenvalue weighted by Crippen LogP contribution is -2.06. The zero-order valence-corrected chi connectivity index (χ0v) is 15.7. The summed E-state index contributed by atoms with van der Waals surface area (Å²) in [6, 6.07) is 11.7. The maximum absolute atomic E-state index is 11.7. The van der Waals surface area contributed by atoms with E-state index in [4.69, 9.17) is 21.1 Å². The Morgan fingerprint density at radius 3 is 2.29 bits per heavy atom. The lowest BCUT2D eigenvalue weighted by molar-refractivity contribution is -0.383. The summed E-state index contributed by atoms with van der Waals surface area (Å²) in [6.45, 7) is 0. The zero-order chi connectivity index (χ0) is 20.1. The molecule has 1 heterocycles. The van der Waals surface area contributed by atoms with E-state index in [0.29, 0.717) is 27.9 Å². The predicted molar refractivity (Wildman–Crippen MR) is 106 cm³/mol. The standard InChI is InChI=1S/C18H16ClN5O4/c1-27-13-7-8-14(15(9-13)28-2)23-18-16(24(25)26)17(20-10-21-18)22-12-5-3-11(19)4-6-12/h3-10H,1-2H3,(H2,20,21,22,23). The van der Waals surface area contributed by atoms with Gasteiger partial charge in [-0.15, -0.1) is 0 Å². The van der Waals surface area contributed by atoms with Gasteiger partial charge in [-0.25, -0.2) is 9.97 Å². The summed E-state index contributed by atoms with van der Waals surface area (Å²) in [6.07, 6.45) is 1.23. The van der Waals surface area contributed by atoms with E-state index < -0.39 is 4.92 Å². The van der Waals surface area contributed by atoms with Crippen LogP contribution in [0.2, 0.25) is 5.02 Å². The Morgan fingerprint density at radius 2 is 1.68 bits per heavy atom. The normalized spacial score (nSPS) is 10.2. The summed E-state index contributed by atoms with van der Waals surface area (Å²) in [4.78, 5) is 19.2. The Morgan fingerprint density at radius 1 is 1.00 bits per heavy atom. The van der Waals surface area contributed by atoms with Crippen molar-refractivity contribution in [3.05, 3.63) is 63.9 Å². The molecule has 28 heavy (non-hydrogen) atoms. The van der Waals surface area contributed by atoms with Gasteiger partial charge in [-0.1, -0.05) is 11.6 Å². The number of hydrogen-bond acceptors (Lipinski definition) is 8. The predicted octanol–water partition coefficient (Wildman–Crippen LogP) is 4.54. The molecule has 0 bridgehead atoms. The lowest BCUT2D eigenvalue weighted by Gasteiger charge is -2.13. The Bertz CT molecular complexity index is 998. The van der Waals surface area contributed by atoms with Gasteiger partial charge in [0, 0.05) is 16.8 Å². The molecule has 144 valence electrons. The monoisotopic (exact) mass is 401 g/mol. The van der Waals surface area contributed by atoms with E-state index in [1.807, 2.05) is 0 Å². The van der Waals surface area contributed by atoms with Crippen molar-refractivity contribution >= 4 is 40.3 Å². The first-order chi connectivity index (χ1) is 13.5. The second-order valence-corrected chi connectivity index (χ2v) is 5.94. The SMILES string of the molecule is COc1ccc(Nc2ncnc(Nc3ccc(Cl)cc3)c2[N+](=O)[O-])c(OC)c1. The first-order valence-electron chi connectivity index (χ1n) is 8.03. The second-order valence-electron chi connectivity index (χ2n) is 5.50. The van der Waals surface area contributed by atoms with Crippen LogP contribution in [0, 0.1) is 10.1 Å². The van der Waals surface area contributed by atoms with Crippen molar-refractivity contribution in [1.82, 2.24) is 9.97 Å². The van der Waals surface area contributed by atoms with Gasteiger partial charge < -0.3 is 20.1 Å². The highest BCUT2D eigenvalue weighted by Crippen LogP contribution is 2.36. The van der Waals surface area contributed by atoms with Crippen molar-refractivity contribution in [2.45, 2.75) is 0 Å². The third-order valence-electron chi connectivity index (χ3n) is 3.77. The van der Waals surface area contributed by atoms with Crippen molar-refractivity contribution < 1.29 is 14.4 Å². The molecule has 10 heteroatoms. The minimum absolute atomic E-state index is 0.0138. The Kier molecular flexibility index (Phi) is 5.75. The number of ether oxygens (including phenoxy) is 2. The van der Waals surface area contributed by atoms with Crippen LogP contribution in [-0.2, 0) is 0 Å². The molecule has 0 aliphatic rings. The lowest BCUT2D eigenvalue weighted by atomic mass is 10.2. The van der Waals surface area contributed by atoms with Crippen molar-refractivity contribution in [3.8, 4) is 11.5 Å². The minimum Gasteiger partial charge on any atom is -0.497 e. The zero-order valence-electron chi connectivity index (χ0n) is 15.0. The molecule has 0 aliphatic carbocycles. The number of anilines is 4. The molecule has 0 saturated carbocycles. The van der Waals surface area contributed by atoms with Gasteiger partial charge in [0.15, 0.2) is 0 Å². The van der Waals surface area contributed by atoms with E-state index in [2.05, 4.69) is 20.6 Å². The van der Waals surface area contributed by atoms with E-state index in [0.717, 1.165) is 0 Å². The summed E-state index contributed by atoms with van der Waals surface area (Å²) in [7, 11) is 3.02. The Hall–Kier alpha value is -3.59. The van der Waals surface area contributed by atoms with Gasteiger partial charge in [-0.3, -0.25) is 10.1 Å². The number of benzene rings is 2. The maximum Gasteiger partial charge on any atom is 0.353 e. The van der Waals surface area contributed by atoms with Crippen molar-refractivity contribution in [2.75, 3.05) is 24.9 Å². The number of aromatic nitrogens is 2. The van der Waals surface area contributed by atoms with Gasteiger partial charge in [0.05, 0.1) is 24.8 Å². The molecule has 3 aromatic rings. The quantitative estimate of drug-likeness (QED) is 0.438. The molecule has 0 radical (unpaired) electrons. The number of nitro groups is 1. The van der Waals surface area contributed by atoms with E-state index >= 15 is 0 Å². The molecule has 0 amide bonds. The maximum atomic E-state index is 11.7. The van der Waals surface area contributed by atoms with E-state index in [9.17, 15) is 10.1 Å². The van der Waals surface area contributed by atoms with Gasteiger partial charge in [-0.05, 0) is 36.4 Å². The van der Waals surface area contributed by atoms with Gasteiger partial charge in [0.1, 0.15) is 17.8 Å². The van der Waals surface area contributed by atoms with Crippen LogP contribution in [0.25, 0.3) is 0 Å². The Labute approximate surface area is 165 Å². The van der Waals surface area contributed by atoms with Gasteiger partial charge in [0.2, 0.25) is 11.6 Å². The van der Waals surface area contributed by atoms with Crippen LogP contribution in [-0.4, -0.2) is 29.1 Å². The fourth-order valence-corrected chi connectivity index (χ4v) is 2.56. The smallest absolute Gasteiger partial charge is 0.353 e. The topological polar surface area (TPSA) is 111 Å². The van der Waals surface area contributed by atoms with Crippen LogP contribution in [0.5, 0.6) is 11.5 Å². The number of hydrogen-bond donors (Lipinski definition) is 2.